The molecule has 0 amide bonds. The summed E-state index contributed by atoms with van der Waals surface area (Å²) in [6.07, 6.45) is 2.97. The van der Waals surface area contributed by atoms with Gasteiger partial charge in [-0.15, -0.1) is 6.58 Å². The van der Waals surface area contributed by atoms with E-state index in [4.69, 9.17) is 0 Å². The van der Waals surface area contributed by atoms with Crippen molar-refractivity contribution in [1.29, 1.82) is 0 Å². The van der Waals surface area contributed by atoms with Gasteiger partial charge in [-0.25, -0.2) is 0 Å². The Morgan fingerprint density at radius 2 is 2.00 bits per heavy atom. The van der Waals surface area contributed by atoms with Crippen LogP contribution in [0.15, 0.2) is 36.9 Å². The maximum absolute atomic E-state index is 3.73. The monoisotopic (exact) mass is 189 g/mol. The summed E-state index contributed by atoms with van der Waals surface area (Å²) < 4.78 is 0. The van der Waals surface area contributed by atoms with Crippen LogP contribution in [0.2, 0.25) is 0 Å². The van der Waals surface area contributed by atoms with E-state index in [2.05, 4.69) is 50.0 Å². The molecule has 0 saturated heterocycles. The highest BCUT2D eigenvalue weighted by Crippen LogP contribution is 2.03. The summed E-state index contributed by atoms with van der Waals surface area (Å²) >= 11 is 0. The van der Waals surface area contributed by atoms with Crippen LogP contribution < -0.4 is 5.32 Å². The minimum atomic E-state index is 0.508. The largest absolute Gasteiger partial charge is 0.310 e. The second kappa shape index (κ2) is 5.61. The van der Waals surface area contributed by atoms with Crippen molar-refractivity contribution < 1.29 is 0 Å². The van der Waals surface area contributed by atoms with Crippen LogP contribution in [0.5, 0.6) is 0 Å². The first-order chi connectivity index (χ1) is 6.72. The van der Waals surface area contributed by atoms with Gasteiger partial charge in [0.2, 0.25) is 0 Å². The van der Waals surface area contributed by atoms with Crippen LogP contribution in [0.3, 0.4) is 0 Å². The number of aryl methyl sites for hydroxylation is 1. The first kappa shape index (κ1) is 11.0. The van der Waals surface area contributed by atoms with Crippen molar-refractivity contribution in [1.82, 2.24) is 5.32 Å². The average molecular weight is 189 g/mol. The van der Waals surface area contributed by atoms with Crippen LogP contribution in [-0.4, -0.2) is 6.04 Å². The van der Waals surface area contributed by atoms with E-state index in [0.29, 0.717) is 6.04 Å². The van der Waals surface area contributed by atoms with E-state index in [-0.39, 0.29) is 0 Å². The molecular formula is C13H19N. The highest BCUT2D eigenvalue weighted by molar-refractivity contribution is 5.21. The van der Waals surface area contributed by atoms with Gasteiger partial charge in [0.15, 0.2) is 0 Å². The molecule has 0 spiro atoms. The van der Waals surface area contributed by atoms with Crippen LogP contribution in [-0.2, 0) is 6.54 Å². The van der Waals surface area contributed by atoms with Crippen LogP contribution in [0.1, 0.15) is 24.5 Å². The Bertz CT molecular complexity index is 274. The third kappa shape index (κ3) is 3.75. The minimum Gasteiger partial charge on any atom is -0.310 e. The summed E-state index contributed by atoms with van der Waals surface area (Å²) in [5, 5.41) is 3.45. The van der Waals surface area contributed by atoms with E-state index in [0.717, 1.165) is 13.0 Å². The van der Waals surface area contributed by atoms with Crippen molar-refractivity contribution in [3.8, 4) is 0 Å². The third-order valence-electron chi connectivity index (χ3n) is 2.30. The molecule has 1 heteroatoms. The fraction of sp³-hybridized carbons (Fsp3) is 0.385. The second-order valence-electron chi connectivity index (χ2n) is 3.79. The predicted molar refractivity (Wildman–Crippen MR) is 62.3 cm³/mol. The van der Waals surface area contributed by atoms with Gasteiger partial charge in [0.05, 0.1) is 0 Å². The molecule has 0 aliphatic heterocycles. The molecular weight excluding hydrogens is 170 g/mol. The fourth-order valence-electron chi connectivity index (χ4n) is 1.33. The van der Waals surface area contributed by atoms with Crippen molar-refractivity contribution in [3.63, 3.8) is 0 Å². The Kier molecular flexibility index (Phi) is 4.41. The number of rotatable bonds is 5. The molecule has 0 radical (unpaired) electrons. The standard InChI is InChI=1S/C13H19N/c1-4-5-12(3)14-10-13-8-6-11(2)7-9-13/h4,6-9,12,14H,1,5,10H2,2-3H3. The molecule has 14 heavy (non-hydrogen) atoms. The van der Waals surface area contributed by atoms with Crippen molar-refractivity contribution >= 4 is 0 Å². The van der Waals surface area contributed by atoms with Crippen LogP contribution in [0.25, 0.3) is 0 Å². The predicted octanol–water partition coefficient (Wildman–Crippen LogP) is 3.05. The molecule has 0 aromatic heterocycles. The maximum Gasteiger partial charge on any atom is 0.0208 e. The van der Waals surface area contributed by atoms with Gasteiger partial charge in [-0.1, -0.05) is 35.9 Å². The van der Waals surface area contributed by atoms with Crippen LogP contribution in [0, 0.1) is 6.92 Å². The lowest BCUT2D eigenvalue weighted by molar-refractivity contribution is 0.554. The van der Waals surface area contributed by atoms with Crippen molar-refractivity contribution in [2.75, 3.05) is 0 Å². The van der Waals surface area contributed by atoms with Gasteiger partial charge < -0.3 is 5.32 Å². The zero-order valence-corrected chi connectivity index (χ0v) is 9.09. The Morgan fingerprint density at radius 3 is 2.57 bits per heavy atom. The summed E-state index contributed by atoms with van der Waals surface area (Å²) in [6, 6.07) is 9.14. The summed E-state index contributed by atoms with van der Waals surface area (Å²) in [7, 11) is 0. The lowest BCUT2D eigenvalue weighted by atomic mass is 10.1. The van der Waals surface area contributed by atoms with Gasteiger partial charge >= 0.3 is 0 Å². The van der Waals surface area contributed by atoms with E-state index in [9.17, 15) is 0 Å². The Balaban J connectivity index is 2.37. The van der Waals surface area contributed by atoms with Gasteiger partial charge in [0, 0.05) is 12.6 Å². The molecule has 1 unspecified atom stereocenters. The Labute approximate surface area is 86.8 Å². The molecule has 1 aromatic rings. The molecule has 1 rings (SSSR count). The first-order valence-corrected chi connectivity index (χ1v) is 5.12. The van der Waals surface area contributed by atoms with Gasteiger partial charge in [0.25, 0.3) is 0 Å². The summed E-state index contributed by atoms with van der Waals surface area (Å²) in [6.45, 7) is 8.95. The van der Waals surface area contributed by atoms with Gasteiger partial charge in [0.1, 0.15) is 0 Å². The normalized spacial score (nSPS) is 12.4. The zero-order valence-electron chi connectivity index (χ0n) is 9.09. The highest BCUT2D eigenvalue weighted by Gasteiger charge is 1.98. The van der Waals surface area contributed by atoms with Crippen LogP contribution >= 0.6 is 0 Å². The first-order valence-electron chi connectivity index (χ1n) is 5.12. The number of nitrogens with one attached hydrogen (secondary N) is 1. The molecule has 0 aliphatic rings. The molecule has 1 atom stereocenters. The van der Waals surface area contributed by atoms with E-state index in [1.807, 2.05) is 6.08 Å². The summed E-state index contributed by atoms with van der Waals surface area (Å²) in [5.41, 5.74) is 2.65. The van der Waals surface area contributed by atoms with Gasteiger partial charge in [-0.3, -0.25) is 0 Å². The molecule has 1 aromatic carbocycles. The maximum atomic E-state index is 3.73. The number of hydrogen-bond acceptors (Lipinski definition) is 1. The van der Waals surface area contributed by atoms with E-state index >= 15 is 0 Å². The Hall–Kier alpha value is -1.08. The summed E-state index contributed by atoms with van der Waals surface area (Å²) in [4.78, 5) is 0. The quantitative estimate of drug-likeness (QED) is 0.702. The molecule has 0 fully saturated rings. The van der Waals surface area contributed by atoms with E-state index in [1.54, 1.807) is 0 Å². The SMILES string of the molecule is C=CCC(C)NCc1ccc(C)cc1. The fourth-order valence-corrected chi connectivity index (χ4v) is 1.33. The summed E-state index contributed by atoms with van der Waals surface area (Å²) in [5.74, 6) is 0. The lowest BCUT2D eigenvalue weighted by Crippen LogP contribution is -2.24. The van der Waals surface area contributed by atoms with E-state index < -0.39 is 0 Å². The third-order valence-corrected chi connectivity index (χ3v) is 2.30. The Morgan fingerprint density at radius 1 is 1.36 bits per heavy atom. The molecule has 0 saturated carbocycles. The zero-order chi connectivity index (χ0) is 10.4. The number of benzene rings is 1. The van der Waals surface area contributed by atoms with Crippen molar-refractivity contribution in [2.45, 2.75) is 32.9 Å². The van der Waals surface area contributed by atoms with Crippen molar-refractivity contribution in [2.24, 2.45) is 0 Å². The average Bonchev–Trinajstić information content (AvgIpc) is 2.17. The molecule has 1 N–H and O–H groups in total. The van der Waals surface area contributed by atoms with Crippen LogP contribution in [0.4, 0.5) is 0 Å². The van der Waals surface area contributed by atoms with E-state index in [1.165, 1.54) is 11.1 Å². The van der Waals surface area contributed by atoms with Gasteiger partial charge in [-0.2, -0.15) is 0 Å². The number of hydrogen-bond donors (Lipinski definition) is 1. The smallest absolute Gasteiger partial charge is 0.0208 e. The molecule has 1 nitrogen and oxygen atoms in total. The second-order valence-corrected chi connectivity index (χ2v) is 3.79. The molecule has 76 valence electrons. The van der Waals surface area contributed by atoms with Gasteiger partial charge in [-0.05, 0) is 25.8 Å². The molecule has 0 aliphatic carbocycles. The minimum absolute atomic E-state index is 0.508. The highest BCUT2D eigenvalue weighted by atomic mass is 14.9. The lowest BCUT2D eigenvalue weighted by Gasteiger charge is -2.11. The molecule has 0 bridgehead atoms. The topological polar surface area (TPSA) is 12.0 Å². The van der Waals surface area contributed by atoms with Crippen molar-refractivity contribution in [3.05, 3.63) is 48.0 Å². The molecule has 0 heterocycles.